The summed E-state index contributed by atoms with van der Waals surface area (Å²) in [4.78, 5) is 15.5. The molecule has 0 unspecified atom stereocenters. The van der Waals surface area contributed by atoms with E-state index >= 15 is 0 Å². The Morgan fingerprint density at radius 2 is 1.65 bits per heavy atom. The van der Waals surface area contributed by atoms with Gasteiger partial charge in [-0.25, -0.2) is 9.13 Å². The van der Waals surface area contributed by atoms with E-state index in [1.807, 2.05) is 20.8 Å². The van der Waals surface area contributed by atoms with Crippen molar-refractivity contribution in [2.24, 2.45) is 5.41 Å². The Labute approximate surface area is 185 Å². The lowest BCUT2D eigenvalue weighted by Crippen LogP contribution is -2.45. The normalized spacial score (nSPS) is 15.5. The summed E-state index contributed by atoms with van der Waals surface area (Å²) in [5, 5.41) is 0. The van der Waals surface area contributed by atoms with Gasteiger partial charge in [-0.15, -0.1) is 0 Å². The zero-order valence-corrected chi connectivity index (χ0v) is 19.0. The van der Waals surface area contributed by atoms with E-state index in [9.17, 15) is 4.79 Å². The Hall–Kier alpha value is -2.50. The van der Waals surface area contributed by atoms with Crippen molar-refractivity contribution in [3.8, 4) is 0 Å². The summed E-state index contributed by atoms with van der Waals surface area (Å²) in [5.74, 6) is 1.45. The molecule has 0 radical (unpaired) electrons. The highest BCUT2D eigenvalue weighted by Crippen LogP contribution is 2.20. The molecular formula is C26H34N3O2+. The minimum absolute atomic E-state index is 0.253. The van der Waals surface area contributed by atoms with Crippen LogP contribution in [0.15, 0.2) is 54.6 Å². The third kappa shape index (κ3) is 5.05. The van der Waals surface area contributed by atoms with Gasteiger partial charge >= 0.3 is 0 Å². The first-order chi connectivity index (χ1) is 14.9. The van der Waals surface area contributed by atoms with E-state index in [-0.39, 0.29) is 11.2 Å². The zero-order chi connectivity index (χ0) is 21.8. The summed E-state index contributed by atoms with van der Waals surface area (Å²) < 4.78 is 10.2. The molecule has 4 rings (SSSR count). The van der Waals surface area contributed by atoms with E-state index in [1.165, 1.54) is 16.9 Å². The Balaban J connectivity index is 1.75. The number of hydrogen-bond acceptors (Lipinski definition) is 3. The lowest BCUT2D eigenvalue weighted by molar-refractivity contribution is -0.667. The van der Waals surface area contributed by atoms with Crippen molar-refractivity contribution in [3.05, 3.63) is 66.0 Å². The van der Waals surface area contributed by atoms with Crippen LogP contribution in [-0.2, 0) is 29.0 Å². The highest BCUT2D eigenvalue weighted by atomic mass is 16.5. The molecule has 1 aromatic heterocycles. The number of hydrogen-bond donors (Lipinski definition) is 0. The number of rotatable bonds is 7. The minimum Gasteiger partial charge on any atom is -0.379 e. The van der Waals surface area contributed by atoms with Crippen molar-refractivity contribution >= 4 is 16.8 Å². The molecule has 5 nitrogen and oxygen atoms in total. The number of ketones is 1. The largest absolute Gasteiger partial charge is 0.379 e. The fourth-order valence-electron chi connectivity index (χ4n) is 4.19. The SMILES string of the molecule is CC(C)(C)C(=O)C[n+]1c(Cc2ccccc2)n(CCN2CCOCC2)c2ccccc21. The van der Waals surface area contributed by atoms with Gasteiger partial charge in [-0.1, -0.05) is 63.2 Å². The van der Waals surface area contributed by atoms with Crippen LogP contribution in [0.2, 0.25) is 0 Å². The first-order valence-electron chi connectivity index (χ1n) is 11.3. The van der Waals surface area contributed by atoms with Crippen molar-refractivity contribution in [3.63, 3.8) is 0 Å². The van der Waals surface area contributed by atoms with Crippen LogP contribution in [0.5, 0.6) is 0 Å². The van der Waals surface area contributed by atoms with Crippen molar-refractivity contribution < 1.29 is 14.1 Å². The van der Waals surface area contributed by atoms with Crippen molar-refractivity contribution in [2.75, 3.05) is 32.8 Å². The maximum absolute atomic E-state index is 13.0. The van der Waals surface area contributed by atoms with Gasteiger partial charge in [0.25, 0.3) is 5.82 Å². The minimum atomic E-state index is -0.367. The van der Waals surface area contributed by atoms with Crippen molar-refractivity contribution in [1.29, 1.82) is 0 Å². The molecule has 31 heavy (non-hydrogen) atoms. The topological polar surface area (TPSA) is 38.3 Å². The quantitative estimate of drug-likeness (QED) is 0.550. The first kappa shape index (κ1) is 21.7. The third-order valence-electron chi connectivity index (χ3n) is 6.17. The molecule has 0 spiro atoms. The van der Waals surface area contributed by atoms with Gasteiger partial charge in [0.05, 0.1) is 19.6 Å². The van der Waals surface area contributed by atoms with Gasteiger partial charge in [-0.3, -0.25) is 9.69 Å². The van der Waals surface area contributed by atoms with Crippen molar-refractivity contribution in [1.82, 2.24) is 9.47 Å². The maximum Gasteiger partial charge on any atom is 0.262 e. The Morgan fingerprint density at radius 1 is 0.968 bits per heavy atom. The number of ether oxygens (including phenoxy) is 1. The summed E-state index contributed by atoms with van der Waals surface area (Å²) >= 11 is 0. The second-order valence-corrected chi connectivity index (χ2v) is 9.43. The van der Waals surface area contributed by atoms with E-state index in [4.69, 9.17) is 4.74 Å². The predicted molar refractivity (Wildman–Crippen MR) is 123 cm³/mol. The monoisotopic (exact) mass is 420 g/mol. The number of benzene rings is 2. The fourth-order valence-corrected chi connectivity index (χ4v) is 4.19. The molecule has 1 aliphatic heterocycles. The van der Waals surface area contributed by atoms with E-state index in [2.05, 4.69) is 68.6 Å². The second-order valence-electron chi connectivity index (χ2n) is 9.43. The fraction of sp³-hybridized carbons (Fsp3) is 0.462. The molecule has 5 heteroatoms. The summed E-state index contributed by atoms with van der Waals surface area (Å²) in [6, 6.07) is 19.0. The highest BCUT2D eigenvalue weighted by Gasteiger charge is 2.30. The van der Waals surface area contributed by atoms with Gasteiger partial charge in [-0.05, 0) is 17.7 Å². The molecule has 1 saturated heterocycles. The Bertz CT molecular complexity index is 1030. The molecule has 0 aliphatic carbocycles. The average Bonchev–Trinajstić information content (AvgIpc) is 3.05. The predicted octanol–water partition coefficient (Wildman–Crippen LogP) is 3.47. The van der Waals surface area contributed by atoms with Crippen LogP contribution in [0.3, 0.4) is 0 Å². The van der Waals surface area contributed by atoms with Crippen LogP contribution in [-0.4, -0.2) is 48.1 Å². The Morgan fingerprint density at radius 3 is 2.35 bits per heavy atom. The van der Waals surface area contributed by atoms with Crippen molar-refractivity contribution in [2.45, 2.75) is 40.3 Å². The van der Waals surface area contributed by atoms with Crippen LogP contribution in [0, 0.1) is 5.41 Å². The summed E-state index contributed by atoms with van der Waals surface area (Å²) in [5.41, 5.74) is 3.22. The smallest absolute Gasteiger partial charge is 0.262 e. The third-order valence-corrected chi connectivity index (χ3v) is 6.17. The van der Waals surface area contributed by atoms with E-state index < -0.39 is 0 Å². The standard InChI is InChI=1S/C26H34N3O2/c1-26(2,3)24(30)20-29-23-12-8-7-11-22(23)28(14-13-27-15-17-31-18-16-27)25(29)19-21-9-5-4-6-10-21/h4-12H,13-20H2,1-3H3/q+1. The zero-order valence-electron chi connectivity index (χ0n) is 19.0. The molecule has 0 amide bonds. The summed E-state index contributed by atoms with van der Waals surface area (Å²) in [6.07, 6.45) is 0.802. The molecule has 2 heterocycles. The van der Waals surface area contributed by atoms with Crippen LogP contribution >= 0.6 is 0 Å². The molecule has 1 aliphatic rings. The van der Waals surface area contributed by atoms with Gasteiger partial charge in [0.2, 0.25) is 0 Å². The lowest BCUT2D eigenvalue weighted by atomic mass is 9.91. The van der Waals surface area contributed by atoms with Crippen LogP contribution in [0.1, 0.15) is 32.2 Å². The molecule has 0 saturated carbocycles. The Kier molecular flexibility index (Phi) is 6.54. The number of carbonyl (C=O) groups excluding carboxylic acids is 1. The number of nitrogens with zero attached hydrogens (tertiary/aromatic N) is 3. The maximum atomic E-state index is 13.0. The number of carbonyl (C=O) groups is 1. The van der Waals surface area contributed by atoms with Gasteiger partial charge in [0.15, 0.2) is 16.8 Å². The molecule has 1 fully saturated rings. The number of imidazole rings is 1. The molecule has 0 N–H and O–H groups in total. The van der Waals surface area contributed by atoms with Gasteiger partial charge in [-0.2, -0.15) is 0 Å². The average molecular weight is 421 g/mol. The first-order valence-corrected chi connectivity index (χ1v) is 11.3. The summed E-state index contributed by atoms with van der Waals surface area (Å²) in [6.45, 7) is 11.9. The molecule has 0 atom stereocenters. The van der Waals surface area contributed by atoms with Gasteiger partial charge < -0.3 is 4.74 Å². The van der Waals surface area contributed by atoms with Crippen LogP contribution < -0.4 is 4.57 Å². The number of para-hydroxylation sites is 2. The van der Waals surface area contributed by atoms with E-state index in [1.54, 1.807) is 0 Å². The number of Topliss-reactive ketones (excluding diaryl/α,β-unsaturated/α-hetero) is 1. The summed E-state index contributed by atoms with van der Waals surface area (Å²) in [7, 11) is 0. The second kappa shape index (κ2) is 9.33. The molecular weight excluding hydrogens is 386 g/mol. The van der Waals surface area contributed by atoms with Crippen LogP contribution in [0.25, 0.3) is 11.0 Å². The number of aromatic nitrogens is 2. The lowest BCUT2D eigenvalue weighted by Gasteiger charge is -2.25. The number of morpholine rings is 1. The molecule has 2 aromatic carbocycles. The molecule has 3 aromatic rings. The number of fused-ring (bicyclic) bond motifs is 1. The molecule has 0 bridgehead atoms. The van der Waals surface area contributed by atoms with Gasteiger partial charge in [0, 0.05) is 25.0 Å². The van der Waals surface area contributed by atoms with E-state index in [0.717, 1.165) is 51.3 Å². The van der Waals surface area contributed by atoms with Crippen LogP contribution in [0.4, 0.5) is 0 Å². The van der Waals surface area contributed by atoms with E-state index in [0.29, 0.717) is 6.54 Å². The highest BCUT2D eigenvalue weighted by molar-refractivity contribution is 5.83. The van der Waals surface area contributed by atoms with Gasteiger partial charge in [0.1, 0.15) is 13.1 Å². The molecule has 164 valence electrons.